The van der Waals surface area contributed by atoms with Crippen LogP contribution in [0.1, 0.15) is 35.7 Å². The van der Waals surface area contributed by atoms with E-state index in [1.807, 2.05) is 31.2 Å². The van der Waals surface area contributed by atoms with Crippen LogP contribution in [0.5, 0.6) is 0 Å². The van der Waals surface area contributed by atoms with Gasteiger partial charge in [-0.15, -0.1) is 0 Å². The van der Waals surface area contributed by atoms with Crippen molar-refractivity contribution in [3.05, 3.63) is 65.2 Å². The summed E-state index contributed by atoms with van der Waals surface area (Å²) in [5.74, 6) is 0.583. The first-order valence-electron chi connectivity index (χ1n) is 9.52. The van der Waals surface area contributed by atoms with Crippen LogP contribution < -0.4 is 0 Å². The number of hydrogen-bond donors (Lipinski definition) is 0. The zero-order valence-corrected chi connectivity index (χ0v) is 17.1. The van der Waals surface area contributed by atoms with Crippen molar-refractivity contribution in [1.29, 1.82) is 0 Å². The molecule has 0 bridgehead atoms. The van der Waals surface area contributed by atoms with Gasteiger partial charge >= 0.3 is 0 Å². The summed E-state index contributed by atoms with van der Waals surface area (Å²) in [5.41, 5.74) is 2.37. The maximum Gasteiger partial charge on any atom is 0.258 e. The van der Waals surface area contributed by atoms with Gasteiger partial charge in [0, 0.05) is 24.6 Å². The molecule has 1 saturated heterocycles. The van der Waals surface area contributed by atoms with E-state index in [0.717, 1.165) is 17.2 Å². The molecule has 0 atom stereocenters. The SMILES string of the molecule is Cc1ccc(S(=O)(=O)N2CCC(c3noc(-c4ccccc4C)n3)CC2)cc1F. The summed E-state index contributed by atoms with van der Waals surface area (Å²) >= 11 is 0. The molecule has 29 heavy (non-hydrogen) atoms. The fraction of sp³-hybridized carbons (Fsp3) is 0.333. The average Bonchev–Trinajstić information content (AvgIpc) is 3.20. The largest absolute Gasteiger partial charge is 0.334 e. The third kappa shape index (κ3) is 3.82. The Kier molecular flexibility index (Phi) is 5.23. The van der Waals surface area contributed by atoms with Crippen LogP contribution in [0.2, 0.25) is 0 Å². The average molecular weight is 415 g/mol. The minimum absolute atomic E-state index is 0.0135. The molecular weight excluding hydrogens is 393 g/mol. The molecule has 2 aromatic carbocycles. The number of benzene rings is 2. The first-order valence-corrected chi connectivity index (χ1v) is 11.0. The van der Waals surface area contributed by atoms with Crippen LogP contribution in [0.15, 0.2) is 51.9 Å². The Morgan fingerprint density at radius 2 is 1.79 bits per heavy atom. The molecule has 0 N–H and O–H groups in total. The van der Waals surface area contributed by atoms with Gasteiger partial charge in [0.1, 0.15) is 5.82 Å². The van der Waals surface area contributed by atoms with Crippen molar-refractivity contribution in [2.45, 2.75) is 37.5 Å². The molecule has 152 valence electrons. The Morgan fingerprint density at radius 3 is 2.48 bits per heavy atom. The molecule has 3 aromatic rings. The molecule has 1 aliphatic heterocycles. The van der Waals surface area contributed by atoms with Gasteiger partial charge in [-0.1, -0.05) is 29.4 Å². The van der Waals surface area contributed by atoms with Gasteiger partial charge in [0.15, 0.2) is 5.82 Å². The Hall–Kier alpha value is -2.58. The topological polar surface area (TPSA) is 76.3 Å². The van der Waals surface area contributed by atoms with Gasteiger partial charge in [-0.05, 0) is 56.0 Å². The lowest BCUT2D eigenvalue weighted by Crippen LogP contribution is -2.38. The summed E-state index contributed by atoms with van der Waals surface area (Å²) in [6.45, 7) is 4.25. The fourth-order valence-electron chi connectivity index (χ4n) is 3.56. The number of rotatable bonds is 4. The molecule has 2 heterocycles. The first-order chi connectivity index (χ1) is 13.9. The van der Waals surface area contributed by atoms with Crippen molar-refractivity contribution < 1.29 is 17.3 Å². The van der Waals surface area contributed by atoms with Crippen LogP contribution >= 0.6 is 0 Å². The number of aromatic nitrogens is 2. The van der Waals surface area contributed by atoms with Crippen molar-refractivity contribution in [2.75, 3.05) is 13.1 Å². The third-order valence-electron chi connectivity index (χ3n) is 5.42. The number of sulfonamides is 1. The predicted octanol–water partition coefficient (Wildman–Crippen LogP) is 4.06. The lowest BCUT2D eigenvalue weighted by molar-refractivity contribution is 0.307. The predicted molar refractivity (Wildman–Crippen MR) is 106 cm³/mol. The van der Waals surface area contributed by atoms with E-state index in [0.29, 0.717) is 43.2 Å². The van der Waals surface area contributed by atoms with E-state index in [4.69, 9.17) is 4.52 Å². The second-order valence-electron chi connectivity index (χ2n) is 7.36. The normalized spacial score (nSPS) is 16.2. The van der Waals surface area contributed by atoms with Crippen LogP contribution in [-0.4, -0.2) is 36.0 Å². The molecular formula is C21H22FN3O3S. The summed E-state index contributed by atoms with van der Waals surface area (Å²) < 4.78 is 46.3. The highest BCUT2D eigenvalue weighted by atomic mass is 32.2. The number of halogens is 1. The highest BCUT2D eigenvalue weighted by Crippen LogP contribution is 2.31. The lowest BCUT2D eigenvalue weighted by atomic mass is 9.97. The van der Waals surface area contributed by atoms with Crippen molar-refractivity contribution in [2.24, 2.45) is 0 Å². The van der Waals surface area contributed by atoms with Crippen LogP contribution in [0.4, 0.5) is 4.39 Å². The summed E-state index contributed by atoms with van der Waals surface area (Å²) in [7, 11) is -3.72. The summed E-state index contributed by atoms with van der Waals surface area (Å²) in [6, 6.07) is 11.8. The van der Waals surface area contributed by atoms with Gasteiger partial charge in [0.25, 0.3) is 5.89 Å². The van der Waals surface area contributed by atoms with Gasteiger partial charge < -0.3 is 4.52 Å². The van der Waals surface area contributed by atoms with Gasteiger partial charge in [-0.2, -0.15) is 9.29 Å². The quantitative estimate of drug-likeness (QED) is 0.642. The Labute approximate surface area is 169 Å². The Bertz CT molecular complexity index is 1140. The molecule has 1 aromatic heterocycles. The molecule has 0 spiro atoms. The Balaban J connectivity index is 1.47. The van der Waals surface area contributed by atoms with E-state index >= 15 is 0 Å². The molecule has 1 aliphatic rings. The zero-order valence-electron chi connectivity index (χ0n) is 16.3. The standard InChI is InChI=1S/C21H22FN3O3S/c1-14-5-3-4-6-18(14)21-23-20(24-28-21)16-9-11-25(12-10-16)29(26,27)17-8-7-15(2)19(22)13-17/h3-8,13,16H,9-12H2,1-2H3. The van der Waals surface area contributed by atoms with Crippen molar-refractivity contribution in [3.8, 4) is 11.5 Å². The van der Waals surface area contributed by atoms with Crippen LogP contribution in [0, 0.1) is 19.7 Å². The molecule has 0 aliphatic carbocycles. The highest BCUT2D eigenvalue weighted by Gasteiger charge is 2.32. The molecule has 4 rings (SSSR count). The summed E-state index contributed by atoms with van der Waals surface area (Å²) in [6.07, 6.45) is 1.17. The maximum absolute atomic E-state index is 13.8. The number of nitrogens with zero attached hydrogens (tertiary/aromatic N) is 3. The van der Waals surface area contributed by atoms with Crippen molar-refractivity contribution in [1.82, 2.24) is 14.4 Å². The third-order valence-corrected chi connectivity index (χ3v) is 7.31. The first kappa shape index (κ1) is 19.7. The zero-order chi connectivity index (χ0) is 20.6. The molecule has 1 fully saturated rings. The molecule has 0 amide bonds. The highest BCUT2D eigenvalue weighted by molar-refractivity contribution is 7.89. The van der Waals surface area contributed by atoms with Crippen molar-refractivity contribution in [3.63, 3.8) is 0 Å². The smallest absolute Gasteiger partial charge is 0.258 e. The monoisotopic (exact) mass is 415 g/mol. The van der Waals surface area contributed by atoms with Crippen molar-refractivity contribution >= 4 is 10.0 Å². The molecule has 0 unspecified atom stereocenters. The van der Waals surface area contributed by atoms with Crippen LogP contribution in [-0.2, 0) is 10.0 Å². The fourth-order valence-corrected chi connectivity index (χ4v) is 5.04. The molecule has 0 saturated carbocycles. The minimum Gasteiger partial charge on any atom is -0.334 e. The molecule has 8 heteroatoms. The second kappa shape index (κ2) is 7.68. The summed E-state index contributed by atoms with van der Waals surface area (Å²) in [4.78, 5) is 4.52. The van der Waals surface area contributed by atoms with E-state index in [1.165, 1.54) is 16.4 Å². The molecule has 6 nitrogen and oxygen atoms in total. The summed E-state index contributed by atoms with van der Waals surface area (Å²) in [5, 5.41) is 4.12. The van der Waals surface area contributed by atoms with Crippen LogP contribution in [0.25, 0.3) is 11.5 Å². The van der Waals surface area contributed by atoms with E-state index in [-0.39, 0.29) is 10.8 Å². The van der Waals surface area contributed by atoms with E-state index in [9.17, 15) is 12.8 Å². The van der Waals surface area contributed by atoms with Gasteiger partial charge in [0.2, 0.25) is 10.0 Å². The van der Waals surface area contributed by atoms with Gasteiger partial charge in [-0.25, -0.2) is 12.8 Å². The number of piperidine rings is 1. The van der Waals surface area contributed by atoms with E-state index < -0.39 is 15.8 Å². The maximum atomic E-state index is 13.8. The minimum atomic E-state index is -3.72. The van der Waals surface area contributed by atoms with E-state index in [1.54, 1.807) is 6.92 Å². The van der Waals surface area contributed by atoms with Crippen LogP contribution in [0.3, 0.4) is 0 Å². The molecule has 0 radical (unpaired) electrons. The number of hydrogen-bond acceptors (Lipinski definition) is 5. The number of aryl methyl sites for hydroxylation is 2. The van der Waals surface area contributed by atoms with Gasteiger partial charge in [0.05, 0.1) is 4.90 Å². The second-order valence-corrected chi connectivity index (χ2v) is 9.30. The lowest BCUT2D eigenvalue weighted by Gasteiger charge is -2.29. The van der Waals surface area contributed by atoms with E-state index in [2.05, 4.69) is 10.1 Å². The Morgan fingerprint density at radius 1 is 1.07 bits per heavy atom. The van der Waals surface area contributed by atoms with Gasteiger partial charge in [-0.3, -0.25) is 0 Å².